The van der Waals surface area contributed by atoms with E-state index in [4.69, 9.17) is 11.5 Å². The van der Waals surface area contributed by atoms with Gasteiger partial charge in [0.25, 0.3) is 0 Å². The van der Waals surface area contributed by atoms with E-state index in [1.165, 1.54) is 11.1 Å². The molecule has 0 saturated heterocycles. The third-order valence-electron chi connectivity index (χ3n) is 3.72. The first kappa shape index (κ1) is 13.1. The summed E-state index contributed by atoms with van der Waals surface area (Å²) in [6.45, 7) is 4.47. The van der Waals surface area contributed by atoms with Crippen molar-refractivity contribution in [2.75, 3.05) is 13.1 Å². The molecule has 1 aliphatic rings. The number of rotatable bonds is 4. The van der Waals surface area contributed by atoms with Gasteiger partial charge in [0.15, 0.2) is 0 Å². The maximum absolute atomic E-state index is 11.2. The van der Waals surface area contributed by atoms with Crippen LogP contribution in [0.4, 0.5) is 0 Å². The molecule has 1 atom stereocenters. The van der Waals surface area contributed by atoms with Crippen molar-refractivity contribution >= 4 is 5.91 Å². The molecular formula is C14H21N3O. The van der Waals surface area contributed by atoms with Crippen LogP contribution in [0.3, 0.4) is 0 Å². The Morgan fingerprint density at radius 3 is 2.72 bits per heavy atom. The molecule has 18 heavy (non-hydrogen) atoms. The van der Waals surface area contributed by atoms with Crippen molar-refractivity contribution in [3.8, 4) is 0 Å². The van der Waals surface area contributed by atoms with Crippen molar-refractivity contribution in [1.29, 1.82) is 0 Å². The van der Waals surface area contributed by atoms with Gasteiger partial charge in [-0.3, -0.25) is 9.69 Å². The lowest BCUT2D eigenvalue weighted by Crippen LogP contribution is -2.51. The Balaban J connectivity index is 1.93. The van der Waals surface area contributed by atoms with Crippen LogP contribution in [0.15, 0.2) is 24.3 Å². The van der Waals surface area contributed by atoms with Gasteiger partial charge in [-0.2, -0.15) is 0 Å². The second kappa shape index (κ2) is 5.08. The molecule has 98 valence electrons. The van der Waals surface area contributed by atoms with E-state index in [1.54, 1.807) is 6.92 Å². The molecule has 0 fully saturated rings. The fraction of sp³-hybridized carbons (Fsp3) is 0.500. The molecule has 0 radical (unpaired) electrons. The smallest absolute Gasteiger partial charge is 0.237 e. The van der Waals surface area contributed by atoms with E-state index in [-0.39, 0.29) is 0 Å². The van der Waals surface area contributed by atoms with E-state index in [9.17, 15) is 4.79 Å². The van der Waals surface area contributed by atoms with Crippen molar-refractivity contribution in [3.05, 3.63) is 35.4 Å². The molecule has 1 unspecified atom stereocenters. The topological polar surface area (TPSA) is 72.3 Å². The molecule has 4 N–H and O–H groups in total. The summed E-state index contributed by atoms with van der Waals surface area (Å²) < 4.78 is 0. The van der Waals surface area contributed by atoms with Crippen molar-refractivity contribution in [3.63, 3.8) is 0 Å². The zero-order valence-corrected chi connectivity index (χ0v) is 10.9. The molecule has 0 aromatic heterocycles. The van der Waals surface area contributed by atoms with Crippen LogP contribution in [0, 0.1) is 0 Å². The quantitative estimate of drug-likeness (QED) is 0.820. The number of amides is 1. The number of hydrogen-bond donors (Lipinski definition) is 2. The first-order chi connectivity index (χ1) is 8.49. The minimum atomic E-state index is -0.906. The predicted octanol–water partition coefficient (Wildman–Crippen LogP) is 0.637. The van der Waals surface area contributed by atoms with Gasteiger partial charge < -0.3 is 11.5 Å². The van der Waals surface area contributed by atoms with E-state index < -0.39 is 11.4 Å². The number of carbonyl (C=O) groups excluding carboxylic acids is 1. The van der Waals surface area contributed by atoms with Crippen LogP contribution in [0.1, 0.15) is 24.5 Å². The standard InChI is InChI=1S/C14H21N3O/c1-14(16,13(15)18)7-9-17-8-6-11-4-2-3-5-12(11)10-17/h2-5H,6-10,16H2,1H3,(H2,15,18). The van der Waals surface area contributed by atoms with Gasteiger partial charge in [0.2, 0.25) is 5.91 Å². The number of hydrogen-bond acceptors (Lipinski definition) is 3. The van der Waals surface area contributed by atoms with Gasteiger partial charge in [-0.1, -0.05) is 24.3 Å². The van der Waals surface area contributed by atoms with Crippen LogP contribution in [-0.4, -0.2) is 29.4 Å². The average molecular weight is 247 g/mol. The van der Waals surface area contributed by atoms with Crippen LogP contribution in [0.5, 0.6) is 0 Å². The average Bonchev–Trinajstić information content (AvgIpc) is 2.36. The molecule has 4 heteroatoms. The largest absolute Gasteiger partial charge is 0.368 e. The zero-order valence-electron chi connectivity index (χ0n) is 10.9. The molecule has 0 bridgehead atoms. The van der Waals surface area contributed by atoms with E-state index >= 15 is 0 Å². The highest BCUT2D eigenvalue weighted by Gasteiger charge is 2.26. The Morgan fingerprint density at radius 1 is 1.39 bits per heavy atom. The van der Waals surface area contributed by atoms with Gasteiger partial charge in [-0.25, -0.2) is 0 Å². The number of nitrogens with two attached hydrogens (primary N) is 2. The molecule has 1 heterocycles. The van der Waals surface area contributed by atoms with Crippen molar-refractivity contribution in [1.82, 2.24) is 4.90 Å². The fourth-order valence-electron chi connectivity index (χ4n) is 2.26. The van der Waals surface area contributed by atoms with E-state index in [2.05, 4.69) is 29.2 Å². The highest BCUT2D eigenvalue weighted by Crippen LogP contribution is 2.19. The number of fused-ring (bicyclic) bond motifs is 1. The van der Waals surface area contributed by atoms with Crippen LogP contribution < -0.4 is 11.5 Å². The molecule has 0 spiro atoms. The van der Waals surface area contributed by atoms with Crippen molar-refractivity contribution in [2.45, 2.75) is 31.8 Å². The highest BCUT2D eigenvalue weighted by molar-refractivity contribution is 5.83. The summed E-state index contributed by atoms with van der Waals surface area (Å²) in [5, 5.41) is 0. The van der Waals surface area contributed by atoms with Gasteiger partial charge in [0.05, 0.1) is 5.54 Å². The van der Waals surface area contributed by atoms with Crippen LogP contribution >= 0.6 is 0 Å². The summed E-state index contributed by atoms with van der Waals surface area (Å²) in [4.78, 5) is 13.5. The Hall–Kier alpha value is -1.39. The molecule has 1 aromatic carbocycles. The first-order valence-corrected chi connectivity index (χ1v) is 6.37. The van der Waals surface area contributed by atoms with Gasteiger partial charge in [0.1, 0.15) is 0 Å². The second-order valence-electron chi connectivity index (χ2n) is 5.33. The van der Waals surface area contributed by atoms with Gasteiger partial charge >= 0.3 is 0 Å². The molecule has 2 rings (SSSR count). The monoisotopic (exact) mass is 247 g/mol. The van der Waals surface area contributed by atoms with Crippen LogP contribution in [0.2, 0.25) is 0 Å². The third kappa shape index (κ3) is 2.89. The lowest BCUT2D eigenvalue weighted by atomic mass is 9.96. The second-order valence-corrected chi connectivity index (χ2v) is 5.33. The molecule has 4 nitrogen and oxygen atoms in total. The fourth-order valence-corrected chi connectivity index (χ4v) is 2.26. The summed E-state index contributed by atoms with van der Waals surface area (Å²) in [6, 6.07) is 8.50. The maximum Gasteiger partial charge on any atom is 0.237 e. The lowest BCUT2D eigenvalue weighted by Gasteiger charge is -2.31. The van der Waals surface area contributed by atoms with E-state index in [0.717, 1.165) is 26.1 Å². The van der Waals surface area contributed by atoms with Crippen LogP contribution in [-0.2, 0) is 17.8 Å². The third-order valence-corrected chi connectivity index (χ3v) is 3.72. The maximum atomic E-state index is 11.2. The summed E-state index contributed by atoms with van der Waals surface area (Å²) in [5.41, 5.74) is 13.1. The van der Waals surface area contributed by atoms with E-state index in [1.807, 2.05) is 0 Å². The molecule has 0 aliphatic carbocycles. The van der Waals surface area contributed by atoms with E-state index in [0.29, 0.717) is 6.42 Å². The number of carbonyl (C=O) groups is 1. The minimum Gasteiger partial charge on any atom is -0.368 e. The lowest BCUT2D eigenvalue weighted by molar-refractivity contribution is -0.122. The highest BCUT2D eigenvalue weighted by atomic mass is 16.1. The summed E-state index contributed by atoms with van der Waals surface area (Å²) in [6.07, 6.45) is 1.67. The Kier molecular flexibility index (Phi) is 3.68. The Morgan fingerprint density at radius 2 is 2.06 bits per heavy atom. The molecule has 0 saturated carbocycles. The van der Waals surface area contributed by atoms with Crippen LogP contribution in [0.25, 0.3) is 0 Å². The first-order valence-electron chi connectivity index (χ1n) is 6.37. The molecule has 1 aliphatic heterocycles. The van der Waals surface area contributed by atoms with Crippen molar-refractivity contribution < 1.29 is 4.79 Å². The van der Waals surface area contributed by atoms with Gasteiger partial charge in [0, 0.05) is 19.6 Å². The van der Waals surface area contributed by atoms with Gasteiger partial charge in [-0.15, -0.1) is 0 Å². The predicted molar refractivity (Wildman–Crippen MR) is 71.8 cm³/mol. The summed E-state index contributed by atoms with van der Waals surface area (Å²) in [5.74, 6) is -0.431. The minimum absolute atomic E-state index is 0.431. The molecular weight excluding hydrogens is 226 g/mol. The molecule has 1 amide bonds. The van der Waals surface area contributed by atoms with Gasteiger partial charge in [-0.05, 0) is 30.9 Å². The number of nitrogens with zero attached hydrogens (tertiary/aromatic N) is 1. The number of benzene rings is 1. The number of primary amides is 1. The normalized spacial score (nSPS) is 19.0. The zero-order chi connectivity index (χ0) is 13.2. The Labute approximate surface area is 108 Å². The summed E-state index contributed by atoms with van der Waals surface area (Å²) in [7, 11) is 0. The SMILES string of the molecule is CC(N)(CCN1CCc2ccccc2C1)C(N)=O. The summed E-state index contributed by atoms with van der Waals surface area (Å²) >= 11 is 0. The Bertz CT molecular complexity index is 442. The molecule has 1 aromatic rings. The van der Waals surface area contributed by atoms with Crippen molar-refractivity contribution in [2.24, 2.45) is 11.5 Å².